The zero-order chi connectivity index (χ0) is 16.9. The van der Waals surface area contributed by atoms with E-state index in [0.29, 0.717) is 17.0 Å². The van der Waals surface area contributed by atoms with E-state index < -0.39 is 10.0 Å². The van der Waals surface area contributed by atoms with Gasteiger partial charge in [0.2, 0.25) is 0 Å². The summed E-state index contributed by atoms with van der Waals surface area (Å²) in [5.74, 6) is 1.34. The van der Waals surface area contributed by atoms with Crippen LogP contribution in [0.5, 0.6) is 5.75 Å². The Hall–Kier alpha value is -2.28. The lowest BCUT2D eigenvalue weighted by atomic mass is 10.2. The molecule has 0 aliphatic heterocycles. The van der Waals surface area contributed by atoms with Gasteiger partial charge in [0.1, 0.15) is 11.6 Å². The number of aromatic nitrogens is 1. The van der Waals surface area contributed by atoms with E-state index in [4.69, 9.17) is 4.74 Å². The molecule has 7 heteroatoms. The van der Waals surface area contributed by atoms with Crippen LogP contribution >= 0.6 is 0 Å². The SMILES string of the molecule is CCCNc1ccc(NS(=O)(=O)c2ccc(OC)cc2C)cn1. The number of nitrogens with zero attached hydrogens (tertiary/aromatic N) is 1. The van der Waals surface area contributed by atoms with E-state index in [1.165, 1.54) is 12.3 Å². The van der Waals surface area contributed by atoms with E-state index in [1.807, 2.05) is 0 Å². The number of anilines is 2. The summed E-state index contributed by atoms with van der Waals surface area (Å²) in [7, 11) is -2.12. The Morgan fingerprint density at radius 2 is 2.00 bits per heavy atom. The van der Waals surface area contributed by atoms with Gasteiger partial charge in [-0.25, -0.2) is 13.4 Å². The largest absolute Gasteiger partial charge is 0.497 e. The normalized spacial score (nSPS) is 11.1. The molecule has 0 spiro atoms. The van der Waals surface area contributed by atoms with Crippen LogP contribution in [-0.4, -0.2) is 27.1 Å². The van der Waals surface area contributed by atoms with Gasteiger partial charge in [-0.05, 0) is 49.2 Å². The summed E-state index contributed by atoms with van der Waals surface area (Å²) >= 11 is 0. The maximum Gasteiger partial charge on any atom is 0.262 e. The van der Waals surface area contributed by atoms with E-state index in [1.54, 1.807) is 38.3 Å². The monoisotopic (exact) mass is 335 g/mol. The van der Waals surface area contributed by atoms with Gasteiger partial charge in [0.15, 0.2) is 0 Å². The zero-order valence-corrected chi connectivity index (χ0v) is 14.3. The molecule has 2 aromatic rings. The van der Waals surface area contributed by atoms with Crippen molar-refractivity contribution in [1.29, 1.82) is 0 Å². The highest BCUT2D eigenvalue weighted by molar-refractivity contribution is 7.92. The van der Waals surface area contributed by atoms with Crippen LogP contribution in [0.3, 0.4) is 0 Å². The van der Waals surface area contributed by atoms with E-state index >= 15 is 0 Å². The molecule has 0 aliphatic rings. The molecule has 0 saturated heterocycles. The predicted octanol–water partition coefficient (Wildman–Crippen LogP) is 3.02. The van der Waals surface area contributed by atoms with E-state index in [-0.39, 0.29) is 4.90 Å². The Balaban J connectivity index is 2.18. The van der Waals surface area contributed by atoms with Crippen molar-refractivity contribution in [2.75, 3.05) is 23.7 Å². The summed E-state index contributed by atoms with van der Waals surface area (Å²) in [4.78, 5) is 4.40. The molecule has 0 amide bonds. The third kappa shape index (κ3) is 4.35. The molecule has 0 bridgehead atoms. The fourth-order valence-corrected chi connectivity index (χ4v) is 3.34. The first-order valence-corrected chi connectivity index (χ1v) is 8.82. The molecule has 6 nitrogen and oxygen atoms in total. The van der Waals surface area contributed by atoms with Crippen LogP contribution in [0.15, 0.2) is 41.4 Å². The Labute approximate surface area is 137 Å². The highest BCUT2D eigenvalue weighted by Gasteiger charge is 2.17. The van der Waals surface area contributed by atoms with Crippen LogP contribution in [0.25, 0.3) is 0 Å². The number of ether oxygens (including phenoxy) is 1. The van der Waals surface area contributed by atoms with Gasteiger partial charge >= 0.3 is 0 Å². The molecule has 1 aromatic carbocycles. The average Bonchev–Trinajstić information content (AvgIpc) is 2.53. The van der Waals surface area contributed by atoms with Crippen molar-refractivity contribution in [3.05, 3.63) is 42.1 Å². The van der Waals surface area contributed by atoms with Gasteiger partial charge in [0.25, 0.3) is 10.0 Å². The minimum atomic E-state index is -3.66. The second kappa shape index (κ2) is 7.32. The van der Waals surface area contributed by atoms with Gasteiger partial charge in [-0.1, -0.05) is 6.92 Å². The van der Waals surface area contributed by atoms with Crippen LogP contribution in [0.4, 0.5) is 11.5 Å². The third-order valence-corrected chi connectivity index (χ3v) is 4.78. The average molecular weight is 335 g/mol. The molecule has 0 saturated carbocycles. The fourth-order valence-electron chi connectivity index (χ4n) is 2.07. The summed E-state index contributed by atoms with van der Waals surface area (Å²) in [5.41, 5.74) is 1.04. The number of pyridine rings is 1. The highest BCUT2D eigenvalue weighted by Crippen LogP contribution is 2.23. The first-order chi connectivity index (χ1) is 11.0. The number of hydrogen-bond donors (Lipinski definition) is 2. The van der Waals surface area contributed by atoms with Crippen LogP contribution in [-0.2, 0) is 10.0 Å². The quantitative estimate of drug-likeness (QED) is 0.813. The summed E-state index contributed by atoms with van der Waals surface area (Å²) < 4.78 is 32.6. The standard InChI is InChI=1S/C16H21N3O3S/c1-4-9-17-16-8-5-13(11-18-16)19-23(20,21)15-7-6-14(22-3)10-12(15)2/h5-8,10-11,19H,4,9H2,1-3H3,(H,17,18). The van der Waals surface area contributed by atoms with Crippen molar-refractivity contribution in [3.63, 3.8) is 0 Å². The van der Waals surface area contributed by atoms with E-state index in [0.717, 1.165) is 18.8 Å². The van der Waals surface area contributed by atoms with Gasteiger partial charge in [-0.3, -0.25) is 4.72 Å². The molecule has 0 fully saturated rings. The van der Waals surface area contributed by atoms with Crippen molar-refractivity contribution in [1.82, 2.24) is 4.98 Å². The molecule has 124 valence electrons. The fraction of sp³-hybridized carbons (Fsp3) is 0.312. The maximum atomic E-state index is 12.5. The number of methoxy groups -OCH3 is 1. The molecular weight excluding hydrogens is 314 g/mol. The number of aryl methyl sites for hydroxylation is 1. The van der Waals surface area contributed by atoms with E-state index in [9.17, 15) is 8.42 Å². The minimum Gasteiger partial charge on any atom is -0.497 e. The number of hydrogen-bond acceptors (Lipinski definition) is 5. The van der Waals surface area contributed by atoms with Gasteiger partial charge in [-0.2, -0.15) is 0 Å². The summed E-state index contributed by atoms with van der Waals surface area (Å²) in [6, 6.07) is 8.26. The summed E-state index contributed by atoms with van der Waals surface area (Å²) in [5, 5.41) is 3.14. The van der Waals surface area contributed by atoms with Gasteiger partial charge < -0.3 is 10.1 Å². The third-order valence-electron chi connectivity index (χ3n) is 3.24. The second-order valence-electron chi connectivity index (χ2n) is 5.10. The van der Waals surface area contributed by atoms with Crippen molar-refractivity contribution in [2.24, 2.45) is 0 Å². The molecule has 1 aromatic heterocycles. The predicted molar refractivity (Wildman–Crippen MR) is 91.6 cm³/mol. The zero-order valence-electron chi connectivity index (χ0n) is 13.5. The van der Waals surface area contributed by atoms with Crippen LogP contribution in [0, 0.1) is 6.92 Å². The van der Waals surface area contributed by atoms with Gasteiger partial charge in [-0.15, -0.1) is 0 Å². The van der Waals surface area contributed by atoms with Crippen LogP contribution in [0.1, 0.15) is 18.9 Å². The highest BCUT2D eigenvalue weighted by atomic mass is 32.2. The van der Waals surface area contributed by atoms with Gasteiger partial charge in [0, 0.05) is 6.54 Å². The van der Waals surface area contributed by atoms with Crippen molar-refractivity contribution in [2.45, 2.75) is 25.2 Å². The molecule has 0 radical (unpaired) electrons. The summed E-state index contributed by atoms with van der Waals surface area (Å²) in [6.45, 7) is 4.61. The molecule has 2 N–H and O–H groups in total. The lowest BCUT2D eigenvalue weighted by Crippen LogP contribution is -2.14. The molecule has 1 heterocycles. The lowest BCUT2D eigenvalue weighted by molar-refractivity contribution is 0.414. The first-order valence-electron chi connectivity index (χ1n) is 7.33. The number of sulfonamides is 1. The smallest absolute Gasteiger partial charge is 0.262 e. The maximum absolute atomic E-state index is 12.5. The van der Waals surface area contributed by atoms with Gasteiger partial charge in [0.05, 0.1) is 23.9 Å². The Morgan fingerprint density at radius 1 is 1.22 bits per heavy atom. The Morgan fingerprint density at radius 3 is 2.57 bits per heavy atom. The van der Waals surface area contributed by atoms with Crippen LogP contribution in [0.2, 0.25) is 0 Å². The molecule has 2 rings (SSSR count). The Bertz CT molecular complexity index is 759. The molecule has 0 aliphatic carbocycles. The summed E-state index contributed by atoms with van der Waals surface area (Å²) in [6.07, 6.45) is 2.49. The first kappa shape index (κ1) is 17.1. The molecule has 0 atom stereocenters. The van der Waals surface area contributed by atoms with Crippen molar-refractivity contribution < 1.29 is 13.2 Å². The van der Waals surface area contributed by atoms with Crippen molar-refractivity contribution >= 4 is 21.5 Å². The van der Waals surface area contributed by atoms with E-state index in [2.05, 4.69) is 21.9 Å². The number of nitrogens with one attached hydrogen (secondary N) is 2. The number of benzene rings is 1. The van der Waals surface area contributed by atoms with Crippen molar-refractivity contribution in [3.8, 4) is 5.75 Å². The second-order valence-corrected chi connectivity index (χ2v) is 6.75. The molecular formula is C16H21N3O3S. The topological polar surface area (TPSA) is 80.3 Å². The lowest BCUT2D eigenvalue weighted by Gasteiger charge is -2.12. The molecule has 23 heavy (non-hydrogen) atoms. The Kier molecular flexibility index (Phi) is 5.44. The minimum absolute atomic E-state index is 0.214. The molecule has 0 unspecified atom stereocenters. The van der Waals surface area contributed by atoms with Crippen LogP contribution < -0.4 is 14.8 Å². The number of rotatable bonds is 7.